The number of carbonyl (C=O) groups is 4. The van der Waals surface area contributed by atoms with Gasteiger partial charge in [0, 0.05) is 13.8 Å². The minimum atomic E-state index is -4.29. The number of carbonyl (C=O) groups excluding carboxylic acids is 4. The molecule has 0 spiro atoms. The smallest absolute Gasteiger partial charge is 0.342 e. The fourth-order valence-corrected chi connectivity index (χ4v) is 6.67. The minimum absolute atomic E-state index is 0.0713. The topological polar surface area (TPSA) is 221 Å². The van der Waals surface area contributed by atoms with Crippen LogP contribution in [0.25, 0.3) is 5.52 Å². The first-order valence-electron chi connectivity index (χ1n) is 13.8. The van der Waals surface area contributed by atoms with Crippen molar-refractivity contribution in [1.82, 2.24) is 24.8 Å². The van der Waals surface area contributed by atoms with Crippen LogP contribution in [0.3, 0.4) is 0 Å². The van der Waals surface area contributed by atoms with Crippen molar-refractivity contribution >= 4 is 42.9 Å². The summed E-state index contributed by atoms with van der Waals surface area (Å²) >= 11 is 0. The summed E-state index contributed by atoms with van der Waals surface area (Å²) in [5.41, 5.74) is 3.25. The number of ether oxygens (including phenoxy) is 5. The first kappa shape index (κ1) is 34.9. The van der Waals surface area contributed by atoms with Crippen molar-refractivity contribution in [2.24, 2.45) is 0 Å². The highest BCUT2D eigenvalue weighted by molar-refractivity contribution is 7.54. The predicted octanol–water partition coefficient (Wildman–Crippen LogP) is 0.998. The van der Waals surface area contributed by atoms with E-state index in [1.54, 1.807) is 26.0 Å². The lowest BCUT2D eigenvalue weighted by atomic mass is 9.86. The number of nitrogens with two attached hydrogens (primary N) is 1. The van der Waals surface area contributed by atoms with Crippen LogP contribution in [0.15, 0.2) is 18.5 Å². The molecule has 0 bridgehead atoms. The maximum absolute atomic E-state index is 14.1. The van der Waals surface area contributed by atoms with Crippen molar-refractivity contribution in [3.63, 3.8) is 0 Å². The Kier molecular flexibility index (Phi) is 11.1. The van der Waals surface area contributed by atoms with Gasteiger partial charge in [0.25, 0.3) is 0 Å². The first-order valence-corrected chi connectivity index (χ1v) is 15.5. The van der Waals surface area contributed by atoms with E-state index in [0.717, 1.165) is 6.92 Å². The van der Waals surface area contributed by atoms with Crippen molar-refractivity contribution < 1.29 is 52.0 Å². The van der Waals surface area contributed by atoms with Crippen molar-refractivity contribution in [3.8, 4) is 0 Å². The van der Waals surface area contributed by atoms with Gasteiger partial charge in [-0.15, -0.1) is 0 Å². The highest BCUT2D eigenvalue weighted by atomic mass is 31.2. The molecule has 1 fully saturated rings. The van der Waals surface area contributed by atoms with Gasteiger partial charge in [0.2, 0.25) is 5.60 Å². The summed E-state index contributed by atoms with van der Waals surface area (Å²) in [7, 11) is -4.29. The molecule has 17 nitrogen and oxygen atoms in total. The first-order chi connectivity index (χ1) is 20.6. The largest absolute Gasteiger partial charge is 0.465 e. The van der Waals surface area contributed by atoms with Crippen LogP contribution in [0, 0.1) is 0 Å². The number of hydrogen-bond acceptors (Lipinski definition) is 14. The van der Waals surface area contributed by atoms with E-state index in [1.807, 2.05) is 0 Å². The van der Waals surface area contributed by atoms with Gasteiger partial charge in [-0.05, 0) is 46.8 Å². The van der Waals surface area contributed by atoms with Crippen LogP contribution in [0.1, 0.15) is 54.2 Å². The van der Waals surface area contributed by atoms with E-state index in [9.17, 15) is 23.7 Å². The number of esters is 4. The molecule has 1 aliphatic rings. The fraction of sp³-hybridized carbons (Fsp3) is 0.615. The normalized spacial score (nSPS) is 23.1. The quantitative estimate of drug-likeness (QED) is 0.149. The lowest BCUT2D eigenvalue weighted by Gasteiger charge is -2.37. The standard InChI is InChI=1S/C26H39N6O11P/c1-8-38-22(35)15(3)30-44(37,31-16(4)23(36)39-9-2)41-12-25(7)24(42-17(5)33)26(13-40-25,43-18(6)34)20-11-10-19-21(27)28-14-29-32(19)20/h10-11,14-16,24H,8-9,12-13H2,1-7H3,(H2,27,28,29)(H2,30,31,37)/t15-,16-,24+,25+,26?/m0/s1. The summed E-state index contributed by atoms with van der Waals surface area (Å²) in [5, 5.41) is 9.37. The summed E-state index contributed by atoms with van der Waals surface area (Å²) in [6.45, 7) is 9.09. The molecule has 18 heteroatoms. The SMILES string of the molecule is CCOC(=O)[C@H](C)NP(=O)(N[C@@H](C)C(=O)OCC)OC[C@@]1(C)OCC(OC(C)=O)(c2ccc3c(N)ncnn23)[C@@H]1OC(C)=O. The molecule has 244 valence electrons. The Morgan fingerprint density at radius 2 is 1.68 bits per heavy atom. The van der Waals surface area contributed by atoms with Gasteiger partial charge in [0.15, 0.2) is 11.9 Å². The zero-order valence-electron chi connectivity index (χ0n) is 25.6. The highest BCUT2D eigenvalue weighted by Gasteiger charge is 2.64. The second-order valence-electron chi connectivity index (χ2n) is 10.3. The number of rotatable bonds is 14. The van der Waals surface area contributed by atoms with Crippen LogP contribution in [0.4, 0.5) is 5.82 Å². The van der Waals surface area contributed by atoms with E-state index in [4.69, 9.17) is 33.9 Å². The summed E-state index contributed by atoms with van der Waals surface area (Å²) in [5.74, 6) is -2.78. The molecular weight excluding hydrogens is 603 g/mol. The number of nitrogens with one attached hydrogen (secondary N) is 2. The second kappa shape index (κ2) is 14.0. The van der Waals surface area contributed by atoms with Gasteiger partial charge in [-0.2, -0.15) is 5.10 Å². The molecule has 0 radical (unpaired) electrons. The van der Waals surface area contributed by atoms with Crippen molar-refractivity contribution in [2.75, 3.05) is 32.2 Å². The Labute approximate surface area is 254 Å². The minimum Gasteiger partial charge on any atom is -0.465 e. The monoisotopic (exact) mass is 642 g/mol. The molecular formula is C26H39N6O11P. The molecule has 0 aromatic carbocycles. The predicted molar refractivity (Wildman–Crippen MR) is 153 cm³/mol. The molecule has 1 aliphatic heterocycles. The molecule has 3 rings (SSSR count). The second-order valence-corrected chi connectivity index (χ2v) is 12.1. The maximum atomic E-state index is 14.1. The molecule has 5 atom stereocenters. The van der Waals surface area contributed by atoms with E-state index < -0.39 is 67.5 Å². The number of fused-ring (bicyclic) bond motifs is 1. The van der Waals surface area contributed by atoms with E-state index in [1.165, 1.54) is 38.5 Å². The van der Waals surface area contributed by atoms with Crippen LogP contribution < -0.4 is 15.9 Å². The summed E-state index contributed by atoms with van der Waals surface area (Å²) in [6, 6.07) is 0.900. The Balaban J connectivity index is 2.04. The van der Waals surface area contributed by atoms with Gasteiger partial charge < -0.3 is 33.9 Å². The van der Waals surface area contributed by atoms with Crippen LogP contribution in [0.5, 0.6) is 0 Å². The van der Waals surface area contributed by atoms with Gasteiger partial charge in [-0.25, -0.2) is 19.7 Å². The molecule has 0 aliphatic carbocycles. The number of hydrogen-bond donors (Lipinski definition) is 3. The Morgan fingerprint density at radius 3 is 2.20 bits per heavy atom. The molecule has 44 heavy (non-hydrogen) atoms. The summed E-state index contributed by atoms with van der Waals surface area (Å²) in [4.78, 5) is 53.6. The van der Waals surface area contributed by atoms with E-state index >= 15 is 0 Å². The number of nitrogen functional groups attached to an aromatic ring is 1. The van der Waals surface area contributed by atoms with Gasteiger partial charge in [-0.3, -0.25) is 23.7 Å². The molecule has 2 aromatic rings. The lowest BCUT2D eigenvalue weighted by molar-refractivity contribution is -0.186. The molecule has 2 aromatic heterocycles. The third-order valence-corrected chi connectivity index (χ3v) is 8.61. The van der Waals surface area contributed by atoms with E-state index in [2.05, 4.69) is 20.3 Å². The van der Waals surface area contributed by atoms with Gasteiger partial charge in [0.05, 0.1) is 32.1 Å². The Bertz CT molecular complexity index is 1410. The Morgan fingerprint density at radius 1 is 1.09 bits per heavy atom. The fourth-order valence-electron chi connectivity index (χ4n) is 4.77. The molecule has 3 heterocycles. The third kappa shape index (κ3) is 7.53. The zero-order chi connectivity index (χ0) is 32.9. The average molecular weight is 643 g/mol. The highest BCUT2D eigenvalue weighted by Crippen LogP contribution is 2.48. The summed E-state index contributed by atoms with van der Waals surface area (Å²) < 4.78 is 49.0. The molecule has 4 N–H and O–H groups in total. The van der Waals surface area contributed by atoms with Crippen LogP contribution in [-0.4, -0.2) is 88.7 Å². The number of anilines is 1. The number of aromatic nitrogens is 3. The third-order valence-electron chi connectivity index (χ3n) is 6.66. The summed E-state index contributed by atoms with van der Waals surface area (Å²) in [6.07, 6.45) is -0.181. The molecule has 0 amide bonds. The van der Waals surface area contributed by atoms with Gasteiger partial charge in [-0.1, -0.05) is 0 Å². The van der Waals surface area contributed by atoms with Crippen LogP contribution in [-0.2, 0) is 57.6 Å². The number of nitrogens with zero attached hydrogens (tertiary/aromatic N) is 3. The van der Waals surface area contributed by atoms with E-state index in [0.29, 0.717) is 5.52 Å². The van der Waals surface area contributed by atoms with Crippen molar-refractivity contribution in [3.05, 3.63) is 24.2 Å². The van der Waals surface area contributed by atoms with Gasteiger partial charge >= 0.3 is 31.5 Å². The molecule has 1 unspecified atom stereocenters. The lowest BCUT2D eigenvalue weighted by Crippen LogP contribution is -2.54. The van der Waals surface area contributed by atoms with Crippen molar-refractivity contribution in [1.29, 1.82) is 0 Å². The van der Waals surface area contributed by atoms with Crippen LogP contribution >= 0.6 is 7.67 Å². The molecule has 1 saturated heterocycles. The van der Waals surface area contributed by atoms with E-state index in [-0.39, 0.29) is 31.3 Å². The average Bonchev–Trinajstić information content (AvgIpc) is 3.49. The molecule has 0 saturated carbocycles. The van der Waals surface area contributed by atoms with Crippen molar-refractivity contribution in [2.45, 2.75) is 77.9 Å². The van der Waals surface area contributed by atoms with Crippen LogP contribution in [0.2, 0.25) is 0 Å². The maximum Gasteiger partial charge on any atom is 0.342 e. The van der Waals surface area contributed by atoms with Gasteiger partial charge in [0.1, 0.15) is 29.5 Å². The zero-order valence-corrected chi connectivity index (χ0v) is 26.5. The Hall–Kier alpha value is -3.63.